The Morgan fingerprint density at radius 1 is 1.09 bits per heavy atom. The molecule has 5 nitrogen and oxygen atoms in total. The smallest absolute Gasteiger partial charge is 0.335 e. The maximum atomic E-state index is 12.7. The zero-order valence-corrected chi connectivity index (χ0v) is 19.7. The highest BCUT2D eigenvalue weighted by Crippen LogP contribution is 2.61. The summed E-state index contributed by atoms with van der Waals surface area (Å²) in [6, 6.07) is 5.70. The maximum Gasteiger partial charge on any atom is 0.335 e. The Bertz CT molecular complexity index is 881. The van der Waals surface area contributed by atoms with E-state index in [2.05, 4.69) is 19.2 Å². The number of carbonyl (C=O) groups is 2. The first kappa shape index (κ1) is 21.9. The topological polar surface area (TPSA) is 70.8 Å². The third kappa shape index (κ3) is 4.21. The number of hydrogen-bond donors (Lipinski definition) is 3. The molecule has 1 aromatic carbocycles. The number of benzene rings is 1. The molecule has 1 amide bonds. The fraction of sp³-hybridized carbons (Fsp3) is 0.704. The van der Waals surface area contributed by atoms with Gasteiger partial charge in [0.2, 0.25) is 5.91 Å². The lowest BCUT2D eigenvalue weighted by atomic mass is 9.45. The molecule has 32 heavy (non-hydrogen) atoms. The molecule has 6 rings (SSSR count). The first-order valence-corrected chi connectivity index (χ1v) is 12.8. The molecule has 1 saturated heterocycles. The van der Waals surface area contributed by atoms with Gasteiger partial charge in [-0.25, -0.2) is 4.79 Å². The van der Waals surface area contributed by atoms with E-state index in [1.165, 1.54) is 48.3 Å². The molecule has 0 spiro atoms. The largest absolute Gasteiger partial charge is 0.478 e. The lowest BCUT2D eigenvalue weighted by Crippen LogP contribution is -3.08. The van der Waals surface area contributed by atoms with Crippen LogP contribution in [-0.2, 0) is 4.79 Å². The molecule has 3 atom stereocenters. The summed E-state index contributed by atoms with van der Waals surface area (Å²) >= 11 is 0. The lowest BCUT2D eigenvalue weighted by molar-refractivity contribution is -0.840. The van der Waals surface area contributed by atoms with Crippen molar-refractivity contribution in [2.75, 3.05) is 19.6 Å². The highest BCUT2D eigenvalue weighted by atomic mass is 16.4. The number of amides is 1. The van der Waals surface area contributed by atoms with Gasteiger partial charge in [-0.05, 0) is 79.2 Å². The van der Waals surface area contributed by atoms with Crippen molar-refractivity contribution in [1.29, 1.82) is 0 Å². The quantitative estimate of drug-likeness (QED) is 0.606. The molecule has 5 fully saturated rings. The van der Waals surface area contributed by atoms with Crippen molar-refractivity contribution in [3.63, 3.8) is 0 Å². The van der Waals surface area contributed by atoms with Gasteiger partial charge in [0.15, 0.2) is 0 Å². The van der Waals surface area contributed by atoms with E-state index in [4.69, 9.17) is 0 Å². The highest BCUT2D eigenvalue weighted by Gasteiger charge is 2.53. The van der Waals surface area contributed by atoms with Crippen LogP contribution in [0.1, 0.15) is 87.1 Å². The van der Waals surface area contributed by atoms with Gasteiger partial charge in [0.25, 0.3) is 0 Å². The average Bonchev–Trinajstić information content (AvgIpc) is 3.63. The molecule has 0 radical (unpaired) electrons. The SMILES string of the molecule is CC1(C)[C@@H]2CC[C@H](CNC(=O)CC3CC[NH+](c4ccc(C(=O)O)cc4C4CC4)CC3)[C@H]1C2. The van der Waals surface area contributed by atoms with E-state index in [1.807, 2.05) is 12.1 Å². The second-order valence-electron chi connectivity index (χ2n) is 11.6. The maximum absolute atomic E-state index is 12.7. The van der Waals surface area contributed by atoms with E-state index in [1.54, 1.807) is 6.07 Å². The van der Waals surface area contributed by atoms with Gasteiger partial charge in [0.05, 0.1) is 18.7 Å². The molecular weight excluding hydrogens is 400 g/mol. The molecule has 1 heterocycles. The van der Waals surface area contributed by atoms with Crippen molar-refractivity contribution in [2.45, 2.75) is 71.1 Å². The molecule has 2 bridgehead atoms. The summed E-state index contributed by atoms with van der Waals surface area (Å²) in [6.45, 7) is 7.76. The van der Waals surface area contributed by atoms with Gasteiger partial charge in [-0.15, -0.1) is 0 Å². The monoisotopic (exact) mass is 439 g/mol. The summed E-state index contributed by atoms with van der Waals surface area (Å²) in [5, 5.41) is 12.6. The first-order valence-electron chi connectivity index (χ1n) is 12.8. The Balaban J connectivity index is 1.11. The molecule has 0 unspecified atom stereocenters. The van der Waals surface area contributed by atoms with Gasteiger partial charge in [0.1, 0.15) is 5.69 Å². The number of carbonyl (C=O) groups excluding carboxylic acids is 1. The van der Waals surface area contributed by atoms with E-state index >= 15 is 0 Å². The minimum Gasteiger partial charge on any atom is -0.478 e. The van der Waals surface area contributed by atoms with Crippen LogP contribution < -0.4 is 10.2 Å². The molecule has 3 N–H and O–H groups in total. The molecule has 5 heteroatoms. The summed E-state index contributed by atoms with van der Waals surface area (Å²) in [4.78, 5) is 25.5. The number of carboxylic acid groups (broad SMARTS) is 1. The Hall–Kier alpha value is -1.88. The molecule has 1 aromatic rings. The molecule has 4 saturated carbocycles. The predicted octanol–water partition coefficient (Wildman–Crippen LogP) is 3.77. The normalized spacial score (nSPS) is 33.2. The number of hydrogen-bond acceptors (Lipinski definition) is 2. The second kappa shape index (κ2) is 8.48. The van der Waals surface area contributed by atoms with E-state index in [-0.39, 0.29) is 5.91 Å². The number of carboxylic acids is 1. The highest BCUT2D eigenvalue weighted by molar-refractivity contribution is 5.88. The van der Waals surface area contributed by atoms with Crippen LogP contribution in [0.25, 0.3) is 0 Å². The minimum atomic E-state index is -0.841. The van der Waals surface area contributed by atoms with Crippen molar-refractivity contribution in [3.8, 4) is 0 Å². The van der Waals surface area contributed by atoms with Crippen LogP contribution in [0.15, 0.2) is 18.2 Å². The molecule has 5 aliphatic rings. The number of aromatic carboxylic acids is 1. The number of fused-ring (bicyclic) bond motifs is 2. The van der Waals surface area contributed by atoms with Gasteiger partial charge < -0.3 is 15.3 Å². The van der Waals surface area contributed by atoms with Crippen LogP contribution in [0.3, 0.4) is 0 Å². The second-order valence-corrected chi connectivity index (χ2v) is 11.6. The molecule has 0 aromatic heterocycles. The number of rotatable bonds is 7. The van der Waals surface area contributed by atoms with Crippen molar-refractivity contribution in [2.24, 2.45) is 29.1 Å². The summed E-state index contributed by atoms with van der Waals surface area (Å²) in [6.07, 6.45) is 9.11. The zero-order valence-electron chi connectivity index (χ0n) is 19.7. The van der Waals surface area contributed by atoms with Crippen LogP contribution >= 0.6 is 0 Å². The summed E-state index contributed by atoms with van der Waals surface area (Å²) in [7, 11) is 0. The van der Waals surface area contributed by atoms with Crippen LogP contribution in [0.5, 0.6) is 0 Å². The first-order chi connectivity index (χ1) is 15.3. The number of nitrogens with one attached hydrogen (secondary N) is 2. The van der Waals surface area contributed by atoms with Crippen LogP contribution in [0.2, 0.25) is 0 Å². The Labute approximate surface area is 191 Å². The van der Waals surface area contributed by atoms with Crippen LogP contribution in [-0.4, -0.2) is 36.6 Å². The summed E-state index contributed by atoms with van der Waals surface area (Å²) < 4.78 is 0. The number of quaternary nitrogens is 1. The minimum absolute atomic E-state index is 0.238. The van der Waals surface area contributed by atoms with Gasteiger partial charge in [-0.1, -0.05) is 13.8 Å². The molecule has 4 aliphatic carbocycles. The molecule has 174 valence electrons. The zero-order chi connectivity index (χ0) is 22.5. The van der Waals surface area contributed by atoms with E-state index in [0.717, 1.165) is 44.3 Å². The van der Waals surface area contributed by atoms with Crippen LogP contribution in [0, 0.1) is 29.1 Å². The van der Waals surface area contributed by atoms with Gasteiger partial charge >= 0.3 is 5.97 Å². The fourth-order valence-corrected chi connectivity index (χ4v) is 7.04. The standard InChI is InChI=1S/C27H38N2O3/c1-27(2)21-7-5-20(23(27)15-21)16-28-25(30)13-17-9-11-29(12-10-17)24-8-6-19(26(31)32)14-22(24)18-3-4-18/h6,8,14,17-18,20-21,23H,3-5,7,9-13,15-16H2,1-2H3,(H,28,30)(H,31,32)/p+1/t20-,21-,23-/m1/s1. The van der Waals surface area contributed by atoms with Gasteiger partial charge in [0, 0.05) is 37.4 Å². The lowest BCUT2D eigenvalue weighted by Gasteiger charge is -2.60. The van der Waals surface area contributed by atoms with E-state index in [9.17, 15) is 14.7 Å². The van der Waals surface area contributed by atoms with Crippen molar-refractivity contribution in [1.82, 2.24) is 5.32 Å². The Morgan fingerprint density at radius 3 is 2.47 bits per heavy atom. The Kier molecular flexibility index (Phi) is 5.81. The molecular formula is C27H39N2O3+. The Morgan fingerprint density at radius 2 is 1.84 bits per heavy atom. The van der Waals surface area contributed by atoms with Gasteiger partial charge in [-0.3, -0.25) is 4.79 Å². The van der Waals surface area contributed by atoms with Crippen LogP contribution in [0.4, 0.5) is 5.69 Å². The van der Waals surface area contributed by atoms with Crippen molar-refractivity contribution < 1.29 is 19.6 Å². The summed E-state index contributed by atoms with van der Waals surface area (Å²) in [5.41, 5.74) is 3.41. The summed E-state index contributed by atoms with van der Waals surface area (Å²) in [5.74, 6) is 2.77. The fourth-order valence-electron chi connectivity index (χ4n) is 7.04. The third-order valence-electron chi connectivity index (χ3n) is 9.44. The van der Waals surface area contributed by atoms with Crippen molar-refractivity contribution in [3.05, 3.63) is 29.3 Å². The predicted molar refractivity (Wildman–Crippen MR) is 124 cm³/mol. The van der Waals surface area contributed by atoms with E-state index in [0.29, 0.717) is 35.2 Å². The van der Waals surface area contributed by atoms with Crippen molar-refractivity contribution >= 4 is 17.6 Å². The average molecular weight is 440 g/mol. The number of piperidine rings is 1. The van der Waals surface area contributed by atoms with E-state index < -0.39 is 5.97 Å². The van der Waals surface area contributed by atoms with Gasteiger partial charge in [-0.2, -0.15) is 0 Å². The third-order valence-corrected chi connectivity index (χ3v) is 9.44. The molecule has 1 aliphatic heterocycles.